The van der Waals surface area contributed by atoms with E-state index in [4.69, 9.17) is 10.2 Å². The highest BCUT2D eigenvalue weighted by Gasteiger charge is 2.14. The Kier molecular flexibility index (Phi) is 5.67. The summed E-state index contributed by atoms with van der Waals surface area (Å²) in [6, 6.07) is 16.6. The van der Waals surface area contributed by atoms with E-state index in [-0.39, 0.29) is 4.90 Å². The molecule has 0 aliphatic carbocycles. The molecule has 0 atom stereocenters. The predicted molar refractivity (Wildman–Crippen MR) is 136 cm³/mol. The van der Waals surface area contributed by atoms with Crippen molar-refractivity contribution in [2.75, 3.05) is 11.6 Å². The monoisotopic (exact) mass is 482 g/mol. The minimum absolute atomic E-state index is 0.267. The molecule has 3 heterocycles. The molecule has 0 amide bonds. The van der Waals surface area contributed by atoms with Crippen LogP contribution in [0.1, 0.15) is 12.0 Å². The first-order valence-electron chi connectivity index (χ1n) is 11.0. The number of hydrogen-bond acceptors (Lipinski definition) is 7. The highest BCUT2D eigenvalue weighted by molar-refractivity contribution is 7.90. The van der Waals surface area contributed by atoms with E-state index in [0.29, 0.717) is 18.8 Å². The summed E-state index contributed by atoms with van der Waals surface area (Å²) in [5, 5.41) is 19.6. The van der Waals surface area contributed by atoms with Gasteiger partial charge in [-0.15, -0.1) is 0 Å². The highest BCUT2D eigenvalue weighted by Crippen LogP contribution is 2.33. The second kappa shape index (κ2) is 8.81. The van der Waals surface area contributed by atoms with Gasteiger partial charge in [0.2, 0.25) is 0 Å². The molecule has 174 valence electrons. The van der Waals surface area contributed by atoms with Gasteiger partial charge in [-0.3, -0.25) is 9.67 Å². The van der Waals surface area contributed by atoms with Gasteiger partial charge in [-0.1, -0.05) is 6.07 Å². The fourth-order valence-corrected chi connectivity index (χ4v) is 4.73. The third kappa shape index (κ3) is 4.44. The number of pyridine rings is 2. The molecule has 0 aliphatic rings. The maximum Gasteiger partial charge on any atom is 0.175 e. The van der Waals surface area contributed by atoms with Gasteiger partial charge in [0.05, 0.1) is 35.1 Å². The number of aromatic nitrogens is 4. The van der Waals surface area contributed by atoms with Crippen molar-refractivity contribution in [3.8, 4) is 17.3 Å². The van der Waals surface area contributed by atoms with Crippen LogP contribution in [0.2, 0.25) is 0 Å². The normalized spacial score (nSPS) is 11.6. The van der Waals surface area contributed by atoms with Gasteiger partial charge in [0.1, 0.15) is 5.82 Å². The van der Waals surface area contributed by atoms with E-state index in [9.17, 15) is 8.42 Å². The maximum atomic E-state index is 11.7. The van der Waals surface area contributed by atoms with Gasteiger partial charge in [-0.05, 0) is 55.0 Å². The van der Waals surface area contributed by atoms with Crippen LogP contribution in [-0.4, -0.2) is 34.4 Å². The Morgan fingerprint density at radius 3 is 2.60 bits per heavy atom. The van der Waals surface area contributed by atoms with Crippen molar-refractivity contribution >= 4 is 43.0 Å². The van der Waals surface area contributed by atoms with E-state index in [1.165, 1.54) is 6.26 Å². The number of nitrogens with one attached hydrogen (secondary N) is 1. The number of anilines is 2. The molecular formula is C26H22N6O2S. The van der Waals surface area contributed by atoms with Crippen molar-refractivity contribution in [3.63, 3.8) is 0 Å². The topological polar surface area (TPSA) is 114 Å². The summed E-state index contributed by atoms with van der Waals surface area (Å²) >= 11 is 0. The first-order chi connectivity index (χ1) is 16.8. The summed E-state index contributed by atoms with van der Waals surface area (Å²) in [6.45, 7) is 2.61. The van der Waals surface area contributed by atoms with Crippen molar-refractivity contribution in [2.24, 2.45) is 0 Å². The van der Waals surface area contributed by atoms with Crippen LogP contribution in [0.3, 0.4) is 0 Å². The summed E-state index contributed by atoms with van der Waals surface area (Å²) in [5.41, 5.74) is 4.51. The molecule has 9 heteroatoms. The van der Waals surface area contributed by atoms with E-state index in [1.807, 2.05) is 35.1 Å². The number of sulfone groups is 1. The Morgan fingerprint density at radius 2 is 1.86 bits per heavy atom. The molecule has 35 heavy (non-hydrogen) atoms. The first kappa shape index (κ1) is 22.5. The molecule has 0 aliphatic heterocycles. The average molecular weight is 483 g/mol. The van der Waals surface area contributed by atoms with Crippen LogP contribution < -0.4 is 5.32 Å². The van der Waals surface area contributed by atoms with Crippen LogP contribution in [0, 0.1) is 18.3 Å². The molecule has 2 aromatic carbocycles. The van der Waals surface area contributed by atoms with Gasteiger partial charge in [0.25, 0.3) is 0 Å². The zero-order chi connectivity index (χ0) is 24.6. The van der Waals surface area contributed by atoms with Crippen LogP contribution in [0.15, 0.2) is 72.0 Å². The largest absolute Gasteiger partial charge is 0.340 e. The number of rotatable bonds is 6. The number of aryl methyl sites for hydroxylation is 2. The standard InChI is InChI=1S/C26H22N6O2S/c1-17-21(8-9-24-23(17)16-32(31-24)13-3-11-27)26-22-14-25(29-15-18(22)10-12-28-26)30-19-4-6-20(7-5-19)35(2,33)34/h4-10,12,14-16H,3,13H2,1-2H3,(H,29,30). The van der Waals surface area contributed by atoms with Gasteiger partial charge in [-0.25, -0.2) is 13.4 Å². The zero-order valence-electron chi connectivity index (χ0n) is 19.2. The lowest BCUT2D eigenvalue weighted by Crippen LogP contribution is -1.98. The van der Waals surface area contributed by atoms with Gasteiger partial charge in [0, 0.05) is 52.3 Å². The first-order valence-corrected chi connectivity index (χ1v) is 12.9. The predicted octanol–water partition coefficient (Wildman–Crippen LogP) is 5.02. The zero-order valence-corrected chi connectivity index (χ0v) is 20.0. The Morgan fingerprint density at radius 1 is 1.06 bits per heavy atom. The lowest BCUT2D eigenvalue weighted by atomic mass is 9.98. The Hall–Kier alpha value is -4.29. The molecule has 8 nitrogen and oxygen atoms in total. The SMILES string of the molecule is Cc1c(-c2nccc3cnc(Nc4ccc(S(C)(=O)=O)cc4)cc23)ccc2nn(CCC#N)cc12. The van der Waals surface area contributed by atoms with Crippen LogP contribution in [0.5, 0.6) is 0 Å². The van der Waals surface area contributed by atoms with Gasteiger partial charge in [-0.2, -0.15) is 10.4 Å². The second-order valence-electron chi connectivity index (χ2n) is 8.34. The molecule has 0 saturated carbocycles. The molecule has 3 aromatic heterocycles. The van der Waals surface area contributed by atoms with E-state index in [1.54, 1.807) is 36.7 Å². The van der Waals surface area contributed by atoms with Crippen LogP contribution >= 0.6 is 0 Å². The lowest BCUT2D eigenvalue weighted by Gasteiger charge is -2.11. The van der Waals surface area contributed by atoms with Crippen molar-refractivity contribution in [1.29, 1.82) is 5.26 Å². The van der Waals surface area contributed by atoms with Crippen LogP contribution in [-0.2, 0) is 16.4 Å². The highest BCUT2D eigenvalue weighted by atomic mass is 32.2. The quantitative estimate of drug-likeness (QED) is 0.362. The van der Waals surface area contributed by atoms with Crippen molar-refractivity contribution < 1.29 is 8.42 Å². The van der Waals surface area contributed by atoms with Gasteiger partial charge >= 0.3 is 0 Å². The van der Waals surface area contributed by atoms with Crippen LogP contribution in [0.25, 0.3) is 32.9 Å². The Bertz CT molecular complexity index is 1720. The molecular weight excluding hydrogens is 460 g/mol. The van der Waals surface area contributed by atoms with Gasteiger partial charge in [0.15, 0.2) is 9.84 Å². The lowest BCUT2D eigenvalue weighted by molar-refractivity contribution is 0.602. The Labute approximate surface area is 202 Å². The third-order valence-corrected chi connectivity index (χ3v) is 7.04. The number of benzene rings is 2. The minimum Gasteiger partial charge on any atom is -0.340 e. The molecule has 0 unspecified atom stereocenters. The summed E-state index contributed by atoms with van der Waals surface area (Å²) in [4.78, 5) is 9.48. The number of nitrogens with zero attached hydrogens (tertiary/aromatic N) is 5. The number of hydrogen-bond donors (Lipinski definition) is 1. The maximum absolute atomic E-state index is 11.7. The van der Waals surface area contributed by atoms with Crippen molar-refractivity contribution in [2.45, 2.75) is 24.8 Å². The average Bonchev–Trinajstić information content (AvgIpc) is 3.27. The fourth-order valence-electron chi connectivity index (χ4n) is 4.10. The summed E-state index contributed by atoms with van der Waals surface area (Å²) < 4.78 is 25.2. The molecule has 0 saturated heterocycles. The fraction of sp³-hybridized carbons (Fsp3) is 0.154. The van der Waals surface area contributed by atoms with E-state index in [0.717, 1.165) is 44.2 Å². The Balaban J connectivity index is 1.54. The molecule has 1 N–H and O–H groups in total. The molecule has 5 rings (SSSR count). The van der Waals surface area contributed by atoms with E-state index >= 15 is 0 Å². The van der Waals surface area contributed by atoms with Crippen molar-refractivity contribution in [1.82, 2.24) is 19.7 Å². The second-order valence-corrected chi connectivity index (χ2v) is 10.4. The van der Waals surface area contributed by atoms with Crippen LogP contribution in [0.4, 0.5) is 11.5 Å². The smallest absolute Gasteiger partial charge is 0.175 e. The number of nitriles is 1. The van der Waals surface area contributed by atoms with E-state index < -0.39 is 9.84 Å². The molecule has 0 fully saturated rings. The summed E-state index contributed by atoms with van der Waals surface area (Å²) in [5.74, 6) is 0.627. The third-order valence-electron chi connectivity index (χ3n) is 5.92. The summed E-state index contributed by atoms with van der Waals surface area (Å²) in [7, 11) is -3.25. The molecule has 5 aromatic rings. The molecule has 0 spiro atoms. The van der Waals surface area contributed by atoms with E-state index in [2.05, 4.69) is 28.4 Å². The summed E-state index contributed by atoms with van der Waals surface area (Å²) in [6.07, 6.45) is 7.14. The van der Waals surface area contributed by atoms with Crippen molar-refractivity contribution in [3.05, 3.63) is 72.7 Å². The van der Waals surface area contributed by atoms with Gasteiger partial charge < -0.3 is 5.32 Å². The molecule has 0 radical (unpaired) electrons. The minimum atomic E-state index is -3.25. The molecule has 0 bridgehead atoms. The number of fused-ring (bicyclic) bond motifs is 2.